The molecule has 0 saturated carbocycles. The molecule has 2 aromatic rings. The third-order valence-corrected chi connectivity index (χ3v) is 4.27. The van der Waals surface area contributed by atoms with Crippen molar-refractivity contribution in [3.05, 3.63) is 51.0 Å². The summed E-state index contributed by atoms with van der Waals surface area (Å²) in [4.78, 5) is 7.86. The maximum atomic E-state index is 7.46. The molecule has 0 unspecified atom stereocenters. The van der Waals surface area contributed by atoms with E-state index in [1.807, 2.05) is 24.6 Å². The minimum Gasteiger partial charge on any atom is -0.384 e. The summed E-state index contributed by atoms with van der Waals surface area (Å²) in [6.07, 6.45) is 0. The first-order valence-electron chi connectivity index (χ1n) is 6.49. The summed E-state index contributed by atoms with van der Waals surface area (Å²) in [6.45, 7) is 5.89. The van der Waals surface area contributed by atoms with Crippen LogP contribution in [0.2, 0.25) is 0 Å². The standard InChI is InChI=1S/C15H20N4S/c1-10-6-12(15(16)17)4-5-13(10)7-19(3)8-14-11(2)18-9-20-14/h4-6,9H,7-8H2,1-3H3,(H3,16,17). The highest BCUT2D eigenvalue weighted by molar-refractivity contribution is 7.09. The van der Waals surface area contributed by atoms with E-state index in [0.29, 0.717) is 0 Å². The molecule has 1 aromatic carbocycles. The monoisotopic (exact) mass is 288 g/mol. The van der Waals surface area contributed by atoms with Crippen LogP contribution in [0.5, 0.6) is 0 Å². The van der Waals surface area contributed by atoms with Crippen molar-refractivity contribution in [3.63, 3.8) is 0 Å². The molecule has 106 valence electrons. The van der Waals surface area contributed by atoms with Crippen molar-refractivity contribution in [3.8, 4) is 0 Å². The zero-order chi connectivity index (χ0) is 14.7. The second kappa shape index (κ2) is 6.15. The fraction of sp³-hybridized carbons (Fsp3) is 0.333. The fourth-order valence-electron chi connectivity index (χ4n) is 2.11. The van der Waals surface area contributed by atoms with Crippen LogP contribution in [-0.2, 0) is 13.1 Å². The van der Waals surface area contributed by atoms with E-state index in [-0.39, 0.29) is 5.84 Å². The number of hydrogen-bond acceptors (Lipinski definition) is 4. The van der Waals surface area contributed by atoms with Gasteiger partial charge in [-0.05, 0) is 38.1 Å². The summed E-state index contributed by atoms with van der Waals surface area (Å²) in [5.41, 5.74) is 11.7. The van der Waals surface area contributed by atoms with Gasteiger partial charge in [0.25, 0.3) is 0 Å². The first-order chi connectivity index (χ1) is 9.47. The molecule has 0 fully saturated rings. The zero-order valence-electron chi connectivity index (χ0n) is 12.1. The number of aromatic nitrogens is 1. The van der Waals surface area contributed by atoms with Gasteiger partial charge in [0.1, 0.15) is 5.84 Å². The van der Waals surface area contributed by atoms with Crippen LogP contribution in [-0.4, -0.2) is 22.8 Å². The van der Waals surface area contributed by atoms with Gasteiger partial charge in [-0.25, -0.2) is 4.98 Å². The Labute approximate surface area is 123 Å². The number of thiazole rings is 1. The van der Waals surface area contributed by atoms with Crippen LogP contribution in [0.15, 0.2) is 23.7 Å². The summed E-state index contributed by atoms with van der Waals surface area (Å²) in [5.74, 6) is 0.119. The van der Waals surface area contributed by atoms with Crippen LogP contribution in [0, 0.1) is 19.3 Å². The number of nitrogen functional groups attached to an aromatic ring is 1. The van der Waals surface area contributed by atoms with Crippen molar-refractivity contribution >= 4 is 17.2 Å². The van der Waals surface area contributed by atoms with Gasteiger partial charge in [-0.3, -0.25) is 10.3 Å². The molecule has 2 rings (SSSR count). The van der Waals surface area contributed by atoms with Crippen molar-refractivity contribution in [2.24, 2.45) is 5.73 Å². The molecule has 4 nitrogen and oxygen atoms in total. The van der Waals surface area contributed by atoms with E-state index in [0.717, 1.165) is 24.3 Å². The van der Waals surface area contributed by atoms with Crippen LogP contribution in [0.25, 0.3) is 0 Å². The molecule has 0 saturated heterocycles. The molecule has 20 heavy (non-hydrogen) atoms. The molecule has 0 spiro atoms. The highest BCUT2D eigenvalue weighted by atomic mass is 32.1. The third kappa shape index (κ3) is 3.43. The summed E-state index contributed by atoms with van der Waals surface area (Å²) < 4.78 is 0. The lowest BCUT2D eigenvalue weighted by Crippen LogP contribution is -2.18. The van der Waals surface area contributed by atoms with Crippen LogP contribution < -0.4 is 5.73 Å². The summed E-state index contributed by atoms with van der Waals surface area (Å²) in [7, 11) is 2.11. The van der Waals surface area contributed by atoms with E-state index < -0.39 is 0 Å². The first kappa shape index (κ1) is 14.7. The predicted octanol–water partition coefficient (Wildman–Crippen LogP) is 2.68. The summed E-state index contributed by atoms with van der Waals surface area (Å²) >= 11 is 1.70. The number of aryl methyl sites for hydroxylation is 2. The Kier molecular flexibility index (Phi) is 4.52. The van der Waals surface area contributed by atoms with E-state index in [1.54, 1.807) is 11.3 Å². The SMILES string of the molecule is Cc1cc(C(=N)N)ccc1CN(C)Cc1scnc1C. The number of nitrogens with zero attached hydrogens (tertiary/aromatic N) is 2. The minimum absolute atomic E-state index is 0.119. The third-order valence-electron chi connectivity index (χ3n) is 3.35. The Balaban J connectivity index is 2.06. The Bertz CT molecular complexity index is 618. The number of hydrogen-bond donors (Lipinski definition) is 2. The van der Waals surface area contributed by atoms with E-state index in [2.05, 4.69) is 29.9 Å². The first-order valence-corrected chi connectivity index (χ1v) is 7.36. The average molecular weight is 288 g/mol. The lowest BCUT2D eigenvalue weighted by Gasteiger charge is -2.18. The van der Waals surface area contributed by atoms with Gasteiger partial charge in [0.05, 0.1) is 11.2 Å². The Hall–Kier alpha value is -1.72. The average Bonchev–Trinajstić information content (AvgIpc) is 2.77. The Morgan fingerprint density at radius 2 is 2.10 bits per heavy atom. The van der Waals surface area contributed by atoms with Gasteiger partial charge >= 0.3 is 0 Å². The highest BCUT2D eigenvalue weighted by Gasteiger charge is 2.08. The predicted molar refractivity (Wildman–Crippen MR) is 84.2 cm³/mol. The lowest BCUT2D eigenvalue weighted by molar-refractivity contribution is 0.320. The minimum atomic E-state index is 0.119. The van der Waals surface area contributed by atoms with E-state index in [9.17, 15) is 0 Å². The summed E-state index contributed by atoms with van der Waals surface area (Å²) in [6, 6.07) is 5.95. The van der Waals surface area contributed by atoms with E-state index in [1.165, 1.54) is 16.0 Å². The number of rotatable bonds is 5. The molecule has 5 heteroatoms. The van der Waals surface area contributed by atoms with Crippen molar-refractivity contribution in [2.75, 3.05) is 7.05 Å². The van der Waals surface area contributed by atoms with Crippen molar-refractivity contribution in [1.82, 2.24) is 9.88 Å². The number of amidine groups is 1. The molecule has 0 atom stereocenters. The van der Waals surface area contributed by atoms with Crippen molar-refractivity contribution in [1.29, 1.82) is 5.41 Å². The topological polar surface area (TPSA) is 66.0 Å². The largest absolute Gasteiger partial charge is 0.384 e. The Morgan fingerprint density at radius 3 is 2.65 bits per heavy atom. The van der Waals surface area contributed by atoms with Gasteiger partial charge in [-0.1, -0.05) is 12.1 Å². The molecule has 0 aliphatic carbocycles. The maximum absolute atomic E-state index is 7.46. The van der Waals surface area contributed by atoms with Gasteiger partial charge in [0, 0.05) is 23.5 Å². The number of benzene rings is 1. The molecular weight excluding hydrogens is 268 g/mol. The van der Waals surface area contributed by atoms with Gasteiger partial charge in [0.2, 0.25) is 0 Å². The quantitative estimate of drug-likeness (QED) is 0.656. The van der Waals surface area contributed by atoms with Gasteiger partial charge < -0.3 is 5.73 Å². The van der Waals surface area contributed by atoms with Crippen LogP contribution in [0.4, 0.5) is 0 Å². The smallest absolute Gasteiger partial charge is 0.122 e. The van der Waals surface area contributed by atoms with E-state index >= 15 is 0 Å². The van der Waals surface area contributed by atoms with Gasteiger partial charge in [-0.2, -0.15) is 0 Å². The molecular formula is C15H20N4S. The van der Waals surface area contributed by atoms with Crippen molar-refractivity contribution < 1.29 is 0 Å². The van der Waals surface area contributed by atoms with Gasteiger partial charge in [0.15, 0.2) is 0 Å². The number of nitrogens with two attached hydrogens (primary N) is 1. The normalized spacial score (nSPS) is 11.0. The zero-order valence-corrected chi connectivity index (χ0v) is 12.9. The van der Waals surface area contributed by atoms with E-state index in [4.69, 9.17) is 11.1 Å². The second-order valence-electron chi connectivity index (χ2n) is 5.09. The Morgan fingerprint density at radius 1 is 1.35 bits per heavy atom. The molecule has 0 bridgehead atoms. The fourth-order valence-corrected chi connectivity index (χ4v) is 2.97. The second-order valence-corrected chi connectivity index (χ2v) is 6.03. The molecule has 0 amide bonds. The maximum Gasteiger partial charge on any atom is 0.122 e. The molecule has 0 aliphatic heterocycles. The summed E-state index contributed by atoms with van der Waals surface area (Å²) in [5, 5.41) is 7.46. The van der Waals surface area contributed by atoms with Crippen LogP contribution in [0.3, 0.4) is 0 Å². The highest BCUT2D eigenvalue weighted by Crippen LogP contribution is 2.17. The lowest BCUT2D eigenvalue weighted by atomic mass is 10.0. The van der Waals surface area contributed by atoms with Crippen LogP contribution >= 0.6 is 11.3 Å². The molecule has 3 N–H and O–H groups in total. The van der Waals surface area contributed by atoms with Crippen molar-refractivity contribution in [2.45, 2.75) is 26.9 Å². The van der Waals surface area contributed by atoms with Gasteiger partial charge in [-0.15, -0.1) is 11.3 Å². The number of nitrogens with one attached hydrogen (secondary N) is 1. The molecule has 0 radical (unpaired) electrons. The molecule has 1 aromatic heterocycles. The van der Waals surface area contributed by atoms with Crippen LogP contribution in [0.1, 0.15) is 27.3 Å². The molecule has 1 heterocycles. The molecule has 0 aliphatic rings.